The van der Waals surface area contributed by atoms with E-state index in [1.54, 1.807) is 18.2 Å². The molecule has 0 amide bonds. The molecule has 1 aliphatic heterocycles. The first-order valence-electron chi connectivity index (χ1n) is 6.16. The third-order valence-electron chi connectivity index (χ3n) is 3.42. The van der Waals surface area contributed by atoms with Gasteiger partial charge in [-0.25, -0.2) is 4.39 Å². The van der Waals surface area contributed by atoms with E-state index in [4.69, 9.17) is 9.15 Å². The summed E-state index contributed by atoms with van der Waals surface area (Å²) in [5.74, 6) is -0.0409. The minimum Gasteiger partial charge on any atom is -0.455 e. The van der Waals surface area contributed by atoms with Crippen LogP contribution in [0.4, 0.5) is 4.39 Å². The molecule has 1 saturated heterocycles. The van der Waals surface area contributed by atoms with Crippen molar-refractivity contribution in [2.24, 2.45) is 0 Å². The number of halogens is 1. The highest BCUT2D eigenvalue weighted by Gasteiger charge is 2.31. The van der Waals surface area contributed by atoms with Gasteiger partial charge < -0.3 is 14.3 Å². The Kier molecular flexibility index (Phi) is 2.84. The summed E-state index contributed by atoms with van der Waals surface area (Å²) in [5, 5.41) is 10.9. The van der Waals surface area contributed by atoms with E-state index >= 15 is 0 Å². The minimum atomic E-state index is -0.832. The van der Waals surface area contributed by atoms with E-state index in [0.29, 0.717) is 11.1 Å². The zero-order chi connectivity index (χ0) is 12.7. The lowest BCUT2D eigenvalue weighted by molar-refractivity contribution is -0.0375. The van der Waals surface area contributed by atoms with Crippen LogP contribution in [0.3, 0.4) is 0 Å². The van der Waals surface area contributed by atoms with Crippen LogP contribution in [0.25, 0.3) is 11.0 Å². The summed E-state index contributed by atoms with van der Waals surface area (Å²) in [5.41, 5.74) is 0.192. The standard InChI is InChI=1S/C14H15FO3/c1-8-5-6-11(17-8)13(16)12-7-9-3-2-4-10(15)14(9)18-12/h2-4,7-8,11,13,16H,5-6H2,1H3. The fraction of sp³-hybridized carbons (Fsp3) is 0.429. The Bertz CT molecular complexity index is 563. The van der Waals surface area contributed by atoms with Crippen LogP contribution in [0.5, 0.6) is 0 Å². The number of furan rings is 1. The molecule has 3 rings (SSSR count). The van der Waals surface area contributed by atoms with E-state index in [1.807, 2.05) is 6.92 Å². The Morgan fingerprint density at radius 1 is 1.39 bits per heavy atom. The third-order valence-corrected chi connectivity index (χ3v) is 3.42. The average molecular weight is 250 g/mol. The Balaban J connectivity index is 1.92. The lowest BCUT2D eigenvalue weighted by Gasteiger charge is -2.15. The highest BCUT2D eigenvalue weighted by atomic mass is 19.1. The summed E-state index contributed by atoms with van der Waals surface area (Å²) in [4.78, 5) is 0. The molecule has 0 saturated carbocycles. The molecule has 3 unspecified atom stereocenters. The number of aliphatic hydroxyl groups is 1. The normalized spacial score (nSPS) is 25.7. The second-order valence-corrected chi connectivity index (χ2v) is 4.81. The van der Waals surface area contributed by atoms with Gasteiger partial charge in [0, 0.05) is 5.39 Å². The minimum absolute atomic E-state index is 0.158. The number of rotatable bonds is 2. The molecule has 1 fully saturated rings. The zero-order valence-corrected chi connectivity index (χ0v) is 10.1. The van der Waals surface area contributed by atoms with Gasteiger partial charge in [-0.15, -0.1) is 0 Å². The largest absolute Gasteiger partial charge is 0.455 e. The molecule has 1 aromatic heterocycles. The van der Waals surface area contributed by atoms with Crippen molar-refractivity contribution in [3.63, 3.8) is 0 Å². The molecule has 0 bridgehead atoms. The van der Waals surface area contributed by atoms with Crippen LogP contribution in [0.15, 0.2) is 28.7 Å². The van der Waals surface area contributed by atoms with Crippen LogP contribution in [0.2, 0.25) is 0 Å². The van der Waals surface area contributed by atoms with E-state index in [0.717, 1.165) is 12.8 Å². The Hall–Kier alpha value is -1.39. The Morgan fingerprint density at radius 3 is 2.89 bits per heavy atom. The lowest BCUT2D eigenvalue weighted by Crippen LogP contribution is -2.18. The second-order valence-electron chi connectivity index (χ2n) is 4.81. The maximum absolute atomic E-state index is 13.5. The van der Waals surface area contributed by atoms with Crippen LogP contribution in [-0.2, 0) is 4.74 Å². The number of fused-ring (bicyclic) bond motifs is 1. The number of para-hydroxylation sites is 1. The van der Waals surface area contributed by atoms with Crippen molar-refractivity contribution in [3.05, 3.63) is 35.8 Å². The summed E-state index contributed by atoms with van der Waals surface area (Å²) in [6.45, 7) is 1.98. The van der Waals surface area contributed by atoms with Crippen LogP contribution in [-0.4, -0.2) is 17.3 Å². The van der Waals surface area contributed by atoms with Crippen LogP contribution in [0.1, 0.15) is 31.6 Å². The highest BCUT2D eigenvalue weighted by molar-refractivity contribution is 5.78. The number of aliphatic hydroxyl groups excluding tert-OH is 1. The Morgan fingerprint density at radius 2 is 2.22 bits per heavy atom. The predicted octanol–water partition coefficient (Wildman–Crippen LogP) is 3.17. The molecular formula is C14H15FO3. The molecule has 1 aromatic carbocycles. The van der Waals surface area contributed by atoms with Gasteiger partial charge in [0.2, 0.25) is 0 Å². The van der Waals surface area contributed by atoms with E-state index in [2.05, 4.69) is 0 Å². The second kappa shape index (κ2) is 4.37. The summed E-state index contributed by atoms with van der Waals surface area (Å²) in [7, 11) is 0. The van der Waals surface area contributed by atoms with E-state index in [1.165, 1.54) is 6.07 Å². The Labute approximate surface area is 104 Å². The first-order chi connectivity index (χ1) is 8.65. The highest BCUT2D eigenvalue weighted by Crippen LogP contribution is 2.33. The van der Waals surface area contributed by atoms with Crippen molar-refractivity contribution in [2.45, 2.75) is 38.1 Å². The molecule has 0 aliphatic carbocycles. The van der Waals surface area contributed by atoms with Gasteiger partial charge in [-0.2, -0.15) is 0 Å². The van der Waals surface area contributed by atoms with Crippen molar-refractivity contribution in [3.8, 4) is 0 Å². The molecule has 0 spiro atoms. The van der Waals surface area contributed by atoms with Crippen LogP contribution < -0.4 is 0 Å². The molecule has 2 aromatic rings. The number of hydrogen-bond acceptors (Lipinski definition) is 3. The zero-order valence-electron chi connectivity index (χ0n) is 10.1. The van der Waals surface area contributed by atoms with E-state index in [9.17, 15) is 9.50 Å². The van der Waals surface area contributed by atoms with Gasteiger partial charge in [-0.3, -0.25) is 0 Å². The number of benzene rings is 1. The maximum atomic E-state index is 13.5. The molecule has 2 heterocycles. The van der Waals surface area contributed by atoms with Crippen molar-refractivity contribution in [1.29, 1.82) is 0 Å². The number of hydrogen-bond donors (Lipinski definition) is 1. The SMILES string of the molecule is CC1CCC(C(O)c2cc3cccc(F)c3o2)O1. The molecule has 18 heavy (non-hydrogen) atoms. The van der Waals surface area contributed by atoms with Crippen molar-refractivity contribution >= 4 is 11.0 Å². The van der Waals surface area contributed by atoms with Crippen molar-refractivity contribution in [1.82, 2.24) is 0 Å². The molecule has 3 atom stereocenters. The van der Waals surface area contributed by atoms with Gasteiger partial charge in [0.1, 0.15) is 11.9 Å². The average Bonchev–Trinajstić information content (AvgIpc) is 2.95. The van der Waals surface area contributed by atoms with Gasteiger partial charge in [-0.05, 0) is 31.9 Å². The van der Waals surface area contributed by atoms with Gasteiger partial charge in [-0.1, -0.05) is 12.1 Å². The summed E-state index contributed by atoms with van der Waals surface area (Å²) in [6.07, 6.45) is 0.786. The topological polar surface area (TPSA) is 42.6 Å². The first kappa shape index (κ1) is 11.7. The van der Waals surface area contributed by atoms with Crippen LogP contribution in [0, 0.1) is 5.82 Å². The third kappa shape index (κ3) is 1.91. The predicted molar refractivity (Wildman–Crippen MR) is 64.7 cm³/mol. The van der Waals surface area contributed by atoms with Crippen molar-refractivity contribution in [2.75, 3.05) is 0 Å². The first-order valence-corrected chi connectivity index (χ1v) is 6.16. The maximum Gasteiger partial charge on any atom is 0.170 e. The molecule has 3 nitrogen and oxygen atoms in total. The van der Waals surface area contributed by atoms with E-state index < -0.39 is 11.9 Å². The molecule has 4 heteroatoms. The van der Waals surface area contributed by atoms with Gasteiger partial charge in [0.25, 0.3) is 0 Å². The summed E-state index contributed by atoms with van der Waals surface area (Å²) in [6, 6.07) is 6.40. The fourth-order valence-electron chi connectivity index (χ4n) is 2.44. The fourth-order valence-corrected chi connectivity index (χ4v) is 2.44. The summed E-state index contributed by atoms with van der Waals surface area (Å²) < 4.78 is 24.5. The quantitative estimate of drug-likeness (QED) is 0.890. The molecule has 1 N–H and O–H groups in total. The molecule has 0 radical (unpaired) electrons. The van der Waals surface area contributed by atoms with Gasteiger partial charge in [0.15, 0.2) is 11.4 Å². The van der Waals surface area contributed by atoms with Gasteiger partial charge >= 0.3 is 0 Å². The van der Waals surface area contributed by atoms with Crippen LogP contribution >= 0.6 is 0 Å². The summed E-state index contributed by atoms with van der Waals surface area (Å²) >= 11 is 0. The monoisotopic (exact) mass is 250 g/mol. The van der Waals surface area contributed by atoms with Gasteiger partial charge in [0.05, 0.1) is 12.2 Å². The lowest BCUT2D eigenvalue weighted by atomic mass is 10.1. The number of ether oxygens (including phenoxy) is 1. The van der Waals surface area contributed by atoms with E-state index in [-0.39, 0.29) is 17.8 Å². The van der Waals surface area contributed by atoms with Crippen molar-refractivity contribution < 1.29 is 18.7 Å². The molecule has 1 aliphatic rings. The molecular weight excluding hydrogens is 235 g/mol. The smallest absolute Gasteiger partial charge is 0.170 e. The molecule has 96 valence electrons.